The third kappa shape index (κ3) is 36.2. The van der Waals surface area contributed by atoms with Crippen molar-refractivity contribution in [1.29, 1.82) is 0 Å². The molecule has 0 aromatic carbocycles. The van der Waals surface area contributed by atoms with Crippen LogP contribution in [0.1, 0.15) is 6.42 Å². The van der Waals surface area contributed by atoms with Crippen molar-refractivity contribution in [2.24, 2.45) is 0 Å². The Bertz CT molecular complexity index is 396. The van der Waals surface area contributed by atoms with E-state index in [9.17, 15) is 9.90 Å². The molecule has 0 aromatic heterocycles. The van der Waals surface area contributed by atoms with Gasteiger partial charge in [-0.1, -0.05) is 24.0 Å². The van der Waals surface area contributed by atoms with E-state index in [1.165, 1.54) is 31.4 Å². The zero-order valence-electron chi connectivity index (χ0n) is 11.6. The third-order valence-electron chi connectivity index (χ3n) is 1.32. The molecule has 0 saturated heterocycles. The number of aliphatic hydroxyl groups is 2. The Balaban J connectivity index is -0.000000122. The Hall–Kier alpha value is -1.83. The Morgan fingerprint density at radius 2 is 1.73 bits per heavy atom. The molecule has 0 radical (unpaired) electrons. The Labute approximate surface area is 139 Å². The van der Waals surface area contributed by atoms with Gasteiger partial charge in [0.1, 0.15) is 6.10 Å². The van der Waals surface area contributed by atoms with Crippen LogP contribution >= 0.6 is 0 Å². The average Bonchev–Trinajstić information content (AvgIpc) is 2.57. The van der Waals surface area contributed by atoms with Crippen LogP contribution in [0.3, 0.4) is 0 Å². The van der Waals surface area contributed by atoms with Crippen molar-refractivity contribution in [2.75, 3.05) is 13.7 Å². The van der Waals surface area contributed by atoms with Crippen molar-refractivity contribution in [3.05, 3.63) is 44.3 Å². The first-order valence-corrected chi connectivity index (χ1v) is 5.02. The number of carbonyl (C=O) groups excluding carboxylic acids is 1. The van der Waals surface area contributed by atoms with E-state index in [1.54, 1.807) is 0 Å². The van der Waals surface area contributed by atoms with Crippen LogP contribution in [0.15, 0.2) is 24.3 Å². The fraction of sp³-hybridized carbons (Fsp3) is 0.286. The maximum atomic E-state index is 10.6. The van der Waals surface area contributed by atoms with Crippen LogP contribution in [-0.2, 0) is 40.6 Å². The second-order valence-electron chi connectivity index (χ2n) is 2.51. The molecule has 1 unspecified atom stereocenters. The molecule has 0 aliphatic rings. The molecule has 0 aliphatic heterocycles. The molecule has 120 valence electrons. The van der Waals surface area contributed by atoms with Gasteiger partial charge in [0.2, 0.25) is 0 Å². The van der Waals surface area contributed by atoms with Gasteiger partial charge in [-0.3, -0.25) is 0 Å². The number of methoxy groups -OCH3 is 1. The van der Waals surface area contributed by atoms with Gasteiger partial charge < -0.3 is 14.9 Å². The molecular formula is C14H14FeO7. The molecule has 0 bridgehead atoms. The monoisotopic (exact) mass is 350 g/mol. The minimum absolute atomic E-state index is 0. The van der Waals surface area contributed by atoms with Gasteiger partial charge >= 0.3 is 39.9 Å². The predicted molar refractivity (Wildman–Crippen MR) is 67.6 cm³/mol. The second kappa shape index (κ2) is 36.5. The van der Waals surface area contributed by atoms with Gasteiger partial charge in [0.15, 0.2) is 0 Å². The van der Waals surface area contributed by atoms with Gasteiger partial charge in [0.25, 0.3) is 0 Å². The van der Waals surface area contributed by atoms with E-state index in [-0.39, 0.29) is 23.7 Å². The number of aliphatic hydroxyl groups excluding tert-OH is 2. The normalized spacial score (nSPS) is 8.77. The molecule has 0 amide bonds. The van der Waals surface area contributed by atoms with Crippen molar-refractivity contribution in [3.8, 4) is 11.8 Å². The van der Waals surface area contributed by atoms with Crippen LogP contribution in [-0.4, -0.2) is 36.0 Å². The van der Waals surface area contributed by atoms with Gasteiger partial charge in [-0.2, -0.15) is 0 Å². The Morgan fingerprint density at radius 3 is 2.14 bits per heavy atom. The summed E-state index contributed by atoms with van der Waals surface area (Å²) < 4.78 is 26.9. The Kier molecular flexibility index (Phi) is 53.4. The molecule has 22 heavy (non-hydrogen) atoms. The van der Waals surface area contributed by atoms with E-state index in [2.05, 4.69) is 36.5 Å². The zero-order chi connectivity index (χ0) is 17.5. The number of hydrogen-bond donors (Lipinski definition) is 2. The molecule has 0 saturated carbocycles. The van der Waals surface area contributed by atoms with E-state index in [0.717, 1.165) is 0 Å². The van der Waals surface area contributed by atoms with Crippen LogP contribution in [0, 0.1) is 31.8 Å². The van der Waals surface area contributed by atoms with Crippen molar-refractivity contribution in [3.63, 3.8) is 0 Å². The third-order valence-corrected chi connectivity index (χ3v) is 1.32. The summed E-state index contributed by atoms with van der Waals surface area (Å²) in [4.78, 5) is 10.6. The van der Waals surface area contributed by atoms with Crippen molar-refractivity contribution >= 4 is 5.97 Å². The maximum absolute atomic E-state index is 10.6. The maximum Gasteiger partial charge on any atom is 0 e. The van der Waals surface area contributed by atoms with E-state index >= 15 is 0 Å². The van der Waals surface area contributed by atoms with Crippen molar-refractivity contribution in [1.82, 2.24) is 0 Å². The summed E-state index contributed by atoms with van der Waals surface area (Å²) in [6.07, 6.45) is 5.04. The van der Waals surface area contributed by atoms with Crippen molar-refractivity contribution in [2.45, 2.75) is 12.5 Å². The number of esters is 1. The Morgan fingerprint density at radius 1 is 1.23 bits per heavy atom. The molecule has 8 heteroatoms. The summed E-state index contributed by atoms with van der Waals surface area (Å²) in [5.41, 5.74) is 0. The number of ether oxygens (including phenoxy) is 1. The van der Waals surface area contributed by atoms with E-state index < -0.39 is 12.1 Å². The van der Waals surface area contributed by atoms with E-state index in [0.29, 0.717) is 6.42 Å². The standard InChI is InChI=1S/C11H14O4.3CO.Fe/c1-15-11(14)8-3-2-6-10(13)7-4-5-9-12;3*1-2;/h2-3,6,8,10,12-13H,5,9H2,1H3;;;;/b6-2+,8-3+;;;;. The largest absolute Gasteiger partial charge is 0 e. The number of rotatable bonds is 4. The minimum atomic E-state index is -0.890. The summed E-state index contributed by atoms with van der Waals surface area (Å²) in [7, 11) is 1.28. The van der Waals surface area contributed by atoms with Gasteiger partial charge in [0, 0.05) is 29.6 Å². The van der Waals surface area contributed by atoms with Crippen LogP contribution in [0.5, 0.6) is 0 Å². The summed E-state index contributed by atoms with van der Waals surface area (Å²) in [6, 6.07) is 0. The SMILES string of the molecule is COC(=O)/C=C/C=C/C(O)C#CCCO.[C-]#[O+].[C-]#[O+].[C-]#[O+].[Fe]. The van der Waals surface area contributed by atoms with Gasteiger partial charge in [-0.15, -0.1) is 0 Å². The van der Waals surface area contributed by atoms with Gasteiger partial charge in [-0.25, -0.2) is 4.79 Å². The summed E-state index contributed by atoms with van der Waals surface area (Å²) in [5, 5.41) is 17.6. The molecule has 0 aliphatic carbocycles. The first-order valence-electron chi connectivity index (χ1n) is 5.02. The van der Waals surface area contributed by atoms with Crippen LogP contribution in [0.4, 0.5) is 0 Å². The zero-order valence-corrected chi connectivity index (χ0v) is 12.7. The summed E-state index contributed by atoms with van der Waals surface area (Å²) in [6.45, 7) is 13.5. The number of carbonyl (C=O) groups is 1. The summed E-state index contributed by atoms with van der Waals surface area (Å²) in [5.74, 6) is 4.62. The average molecular weight is 350 g/mol. The predicted octanol–water partition coefficient (Wildman–Crippen LogP) is -0.0965. The minimum Gasteiger partial charge on any atom is 0 e. The van der Waals surface area contributed by atoms with Crippen molar-refractivity contribution < 1.29 is 50.8 Å². The molecule has 7 nitrogen and oxygen atoms in total. The fourth-order valence-electron chi connectivity index (χ4n) is 0.652. The quantitative estimate of drug-likeness (QED) is 0.140. The molecule has 0 fully saturated rings. The molecule has 0 heterocycles. The fourth-order valence-corrected chi connectivity index (χ4v) is 0.652. The molecular weight excluding hydrogens is 336 g/mol. The van der Waals surface area contributed by atoms with E-state index in [4.69, 9.17) is 19.1 Å². The van der Waals surface area contributed by atoms with E-state index in [1.807, 2.05) is 0 Å². The topological polar surface area (TPSA) is 126 Å². The molecule has 1 atom stereocenters. The smallest absolute Gasteiger partial charge is 0 e. The first-order chi connectivity index (χ1) is 10.2. The molecule has 0 rings (SSSR count). The second-order valence-corrected chi connectivity index (χ2v) is 2.51. The number of allylic oxidation sites excluding steroid dienone is 2. The number of hydrogen-bond acceptors (Lipinski definition) is 4. The van der Waals surface area contributed by atoms with Crippen LogP contribution in [0.2, 0.25) is 0 Å². The first kappa shape index (κ1) is 32.2. The van der Waals surface area contributed by atoms with Gasteiger partial charge in [-0.05, 0) is 6.08 Å². The van der Waals surface area contributed by atoms with Crippen LogP contribution in [0.25, 0.3) is 0 Å². The van der Waals surface area contributed by atoms with Crippen LogP contribution < -0.4 is 0 Å². The van der Waals surface area contributed by atoms with Gasteiger partial charge in [0.05, 0.1) is 13.7 Å². The molecule has 0 spiro atoms. The summed E-state index contributed by atoms with van der Waals surface area (Å²) >= 11 is 0. The molecule has 2 N–H and O–H groups in total. The molecule has 0 aromatic rings.